The molecule has 3 atom stereocenters. The van der Waals surface area contributed by atoms with Crippen LogP contribution in [0.2, 0.25) is 0 Å². The number of esters is 1. The summed E-state index contributed by atoms with van der Waals surface area (Å²) >= 11 is 0. The average Bonchev–Trinajstić information content (AvgIpc) is 3.67. The van der Waals surface area contributed by atoms with Crippen LogP contribution >= 0.6 is 0 Å². The third-order valence-corrected chi connectivity index (χ3v) is 9.60. The highest BCUT2D eigenvalue weighted by Gasteiger charge is 2.47. The zero-order valence-corrected chi connectivity index (χ0v) is 26.2. The number of anilines is 1. The van der Waals surface area contributed by atoms with Crippen LogP contribution < -0.4 is 4.90 Å². The van der Waals surface area contributed by atoms with Crippen molar-refractivity contribution in [1.29, 1.82) is 0 Å². The molecule has 0 aromatic heterocycles. The van der Waals surface area contributed by atoms with Gasteiger partial charge >= 0.3 is 18.2 Å². The van der Waals surface area contributed by atoms with Gasteiger partial charge in [-0.1, -0.05) is 66.7 Å². The number of rotatable bonds is 8. The minimum atomic E-state index is -4.56. The van der Waals surface area contributed by atoms with E-state index in [4.69, 9.17) is 9.47 Å². The Balaban J connectivity index is 1.35. The number of carbonyl (C=O) groups is 3. The highest BCUT2D eigenvalue weighted by Crippen LogP contribution is 2.43. The molecule has 0 saturated carbocycles. The Morgan fingerprint density at radius 3 is 2.21 bits per heavy atom. The molecule has 3 aliphatic rings. The van der Waals surface area contributed by atoms with Crippen molar-refractivity contribution in [2.75, 3.05) is 44.8 Å². The number of carbonyl (C=O) groups excluding carboxylic acids is 3. The number of amides is 2. The number of cyclic esters (lactones) is 1. The third-order valence-electron chi connectivity index (χ3n) is 9.60. The minimum absolute atomic E-state index is 0.0747. The van der Waals surface area contributed by atoms with Crippen LogP contribution in [0.15, 0.2) is 78.9 Å². The SMILES string of the molecule is COC(=O)C1CCN(c2cc(C(F)(F)F)ccc2[C@@H]2CN(Cc3ccccc3)C[C@H]2C(=O)N2C(=O)OC[C@H]2Cc2ccccc2)CC1. The molecule has 0 unspecified atom stereocenters. The lowest BCUT2D eigenvalue weighted by Crippen LogP contribution is -2.45. The first-order chi connectivity index (χ1) is 22.6. The number of likely N-dealkylation sites (tertiary alicyclic amines) is 1. The lowest BCUT2D eigenvalue weighted by Gasteiger charge is -2.36. The molecule has 3 saturated heterocycles. The predicted octanol–water partition coefficient (Wildman–Crippen LogP) is 5.90. The number of hydrogen-bond donors (Lipinski definition) is 0. The van der Waals surface area contributed by atoms with Crippen molar-refractivity contribution >= 4 is 23.7 Å². The molecule has 11 heteroatoms. The van der Waals surface area contributed by atoms with Gasteiger partial charge in [0.2, 0.25) is 5.91 Å². The third kappa shape index (κ3) is 7.15. The van der Waals surface area contributed by atoms with Crippen molar-refractivity contribution in [1.82, 2.24) is 9.80 Å². The van der Waals surface area contributed by atoms with Gasteiger partial charge in [0.15, 0.2) is 0 Å². The van der Waals surface area contributed by atoms with Crippen molar-refractivity contribution in [3.05, 3.63) is 101 Å². The molecule has 3 aromatic carbocycles. The molecule has 3 aromatic rings. The Bertz CT molecular complexity index is 1580. The number of piperidine rings is 1. The number of methoxy groups -OCH3 is 1. The molecule has 2 amide bonds. The summed E-state index contributed by atoms with van der Waals surface area (Å²) in [6.45, 7) is 2.08. The van der Waals surface area contributed by atoms with E-state index in [2.05, 4.69) is 4.90 Å². The van der Waals surface area contributed by atoms with E-state index in [-0.39, 0.29) is 24.4 Å². The zero-order chi connectivity index (χ0) is 33.1. The number of hydrogen-bond acceptors (Lipinski definition) is 7. The van der Waals surface area contributed by atoms with Gasteiger partial charge in [-0.3, -0.25) is 14.5 Å². The van der Waals surface area contributed by atoms with Crippen molar-refractivity contribution in [3.63, 3.8) is 0 Å². The second kappa shape index (κ2) is 13.8. The molecule has 3 aliphatic heterocycles. The first-order valence-corrected chi connectivity index (χ1v) is 16.0. The van der Waals surface area contributed by atoms with Gasteiger partial charge < -0.3 is 14.4 Å². The van der Waals surface area contributed by atoms with E-state index < -0.39 is 35.7 Å². The van der Waals surface area contributed by atoms with Crippen LogP contribution in [-0.4, -0.2) is 73.7 Å². The first-order valence-electron chi connectivity index (χ1n) is 16.0. The van der Waals surface area contributed by atoms with Crippen LogP contribution in [0.25, 0.3) is 0 Å². The zero-order valence-electron chi connectivity index (χ0n) is 26.2. The monoisotopic (exact) mass is 649 g/mol. The number of benzene rings is 3. The summed E-state index contributed by atoms with van der Waals surface area (Å²) in [5, 5.41) is 0. The molecule has 0 aliphatic carbocycles. The van der Waals surface area contributed by atoms with Crippen molar-refractivity contribution in [3.8, 4) is 0 Å². The van der Waals surface area contributed by atoms with E-state index in [0.29, 0.717) is 63.2 Å². The summed E-state index contributed by atoms with van der Waals surface area (Å²) in [7, 11) is 1.33. The molecule has 0 N–H and O–H groups in total. The van der Waals surface area contributed by atoms with Gasteiger partial charge in [0.05, 0.1) is 30.6 Å². The van der Waals surface area contributed by atoms with E-state index in [1.807, 2.05) is 65.6 Å². The van der Waals surface area contributed by atoms with Crippen LogP contribution in [0.3, 0.4) is 0 Å². The Labute approximate surface area is 272 Å². The molecular formula is C36H38F3N3O5. The number of ether oxygens (including phenoxy) is 2. The highest BCUT2D eigenvalue weighted by atomic mass is 19.4. The molecule has 47 heavy (non-hydrogen) atoms. The number of imide groups is 1. The molecule has 0 bridgehead atoms. The molecular weight excluding hydrogens is 611 g/mol. The molecule has 248 valence electrons. The Morgan fingerprint density at radius 2 is 1.57 bits per heavy atom. The number of nitrogens with zero attached hydrogens (tertiary/aromatic N) is 3. The van der Waals surface area contributed by atoms with Crippen LogP contribution in [0, 0.1) is 11.8 Å². The quantitative estimate of drug-likeness (QED) is 0.281. The normalized spacial score (nSPS) is 22.4. The Kier molecular flexibility index (Phi) is 9.54. The smallest absolute Gasteiger partial charge is 0.416 e. The van der Waals surface area contributed by atoms with Gasteiger partial charge in [-0.05, 0) is 48.1 Å². The molecule has 8 nitrogen and oxygen atoms in total. The van der Waals surface area contributed by atoms with Gasteiger partial charge in [-0.2, -0.15) is 13.2 Å². The summed E-state index contributed by atoms with van der Waals surface area (Å²) < 4.78 is 52.4. The summed E-state index contributed by atoms with van der Waals surface area (Å²) in [4.78, 5) is 45.0. The maximum Gasteiger partial charge on any atom is 0.416 e. The summed E-state index contributed by atoms with van der Waals surface area (Å²) in [5.74, 6) is -2.23. The van der Waals surface area contributed by atoms with E-state index in [9.17, 15) is 27.6 Å². The van der Waals surface area contributed by atoms with E-state index in [1.54, 1.807) is 0 Å². The van der Waals surface area contributed by atoms with Crippen LogP contribution in [-0.2, 0) is 38.2 Å². The fraction of sp³-hybridized carbons (Fsp3) is 0.417. The standard InChI is InChI=1S/C36H38F3N3O5/c1-46-34(44)26-14-16-41(17-15-26)32-19-27(36(37,38)39)12-13-29(32)30-21-40(20-25-10-6-3-7-11-25)22-31(30)33(43)42-28(23-47-35(42)45)18-24-8-4-2-5-9-24/h2-13,19,26,28,30-31H,14-18,20-23H2,1H3/t28-,30+,31-/m1/s1. The molecule has 0 radical (unpaired) electrons. The van der Waals surface area contributed by atoms with Crippen molar-refractivity contribution in [2.45, 2.75) is 43.9 Å². The van der Waals surface area contributed by atoms with Gasteiger partial charge in [-0.25, -0.2) is 9.69 Å². The maximum absolute atomic E-state index is 14.5. The molecule has 0 spiro atoms. The molecule has 6 rings (SSSR count). The van der Waals surface area contributed by atoms with E-state index >= 15 is 0 Å². The second-order valence-corrected chi connectivity index (χ2v) is 12.6. The lowest BCUT2D eigenvalue weighted by molar-refractivity contribution is -0.146. The molecule has 3 fully saturated rings. The fourth-order valence-electron chi connectivity index (χ4n) is 7.20. The molecule has 3 heterocycles. The average molecular weight is 650 g/mol. The van der Waals surface area contributed by atoms with Crippen LogP contribution in [0.5, 0.6) is 0 Å². The minimum Gasteiger partial charge on any atom is -0.469 e. The summed E-state index contributed by atoms with van der Waals surface area (Å²) in [5.41, 5.74) is 2.24. The van der Waals surface area contributed by atoms with Crippen molar-refractivity contribution < 1.29 is 37.0 Å². The van der Waals surface area contributed by atoms with Crippen LogP contribution in [0.4, 0.5) is 23.7 Å². The first kappa shape index (κ1) is 32.6. The van der Waals surface area contributed by atoms with Gasteiger partial charge in [0.25, 0.3) is 0 Å². The van der Waals surface area contributed by atoms with E-state index in [0.717, 1.165) is 23.3 Å². The van der Waals surface area contributed by atoms with Gasteiger partial charge in [0.1, 0.15) is 6.61 Å². The second-order valence-electron chi connectivity index (χ2n) is 12.6. The fourth-order valence-corrected chi connectivity index (χ4v) is 7.20. The number of alkyl halides is 3. The maximum atomic E-state index is 14.5. The Morgan fingerprint density at radius 1 is 0.915 bits per heavy atom. The van der Waals surface area contributed by atoms with Gasteiger partial charge in [0, 0.05) is 44.3 Å². The summed E-state index contributed by atoms with van der Waals surface area (Å²) in [6, 6.07) is 22.6. The topological polar surface area (TPSA) is 79.4 Å². The Hall–Kier alpha value is -4.38. The van der Waals surface area contributed by atoms with Crippen molar-refractivity contribution in [2.24, 2.45) is 11.8 Å². The van der Waals surface area contributed by atoms with Gasteiger partial charge in [-0.15, -0.1) is 0 Å². The lowest BCUT2D eigenvalue weighted by atomic mass is 9.85. The largest absolute Gasteiger partial charge is 0.469 e. The highest BCUT2D eigenvalue weighted by molar-refractivity contribution is 5.95. The van der Waals surface area contributed by atoms with E-state index in [1.165, 1.54) is 18.1 Å². The predicted molar refractivity (Wildman–Crippen MR) is 168 cm³/mol. The summed E-state index contributed by atoms with van der Waals surface area (Å²) in [6.07, 6.45) is -3.95. The van der Waals surface area contributed by atoms with Crippen LogP contribution in [0.1, 0.15) is 41.0 Å². The number of halogens is 3.